The van der Waals surface area contributed by atoms with Gasteiger partial charge in [-0.25, -0.2) is 4.57 Å². The van der Waals surface area contributed by atoms with Crippen molar-refractivity contribution in [2.24, 2.45) is 0 Å². The van der Waals surface area contributed by atoms with Crippen LogP contribution in [0.4, 0.5) is 0 Å². The number of hydrogen-bond acceptors (Lipinski definition) is 6. The number of phosphoric acid groups is 1. The predicted octanol–water partition coefficient (Wildman–Crippen LogP) is 15.3. The van der Waals surface area contributed by atoms with E-state index in [1.807, 2.05) is 0 Å². The van der Waals surface area contributed by atoms with Gasteiger partial charge in [0.25, 0.3) is 0 Å². The molecule has 0 bridgehead atoms. The monoisotopic (exact) mass is 839 g/mol. The normalized spacial score (nSPS) is 12.7. The molecular weight excluding hydrogens is 748 g/mol. The van der Waals surface area contributed by atoms with Crippen LogP contribution in [-0.2, 0) is 28.2 Å². The van der Waals surface area contributed by atoms with Gasteiger partial charge in [0.1, 0.15) is 6.61 Å². The third-order valence-electron chi connectivity index (χ3n) is 10.6. The van der Waals surface area contributed by atoms with Crippen LogP contribution in [-0.4, -0.2) is 41.0 Å². The Kier molecular flexibility index (Phi) is 43.5. The van der Waals surface area contributed by atoms with E-state index in [4.69, 9.17) is 19.3 Å². The molecule has 0 radical (unpaired) electrons. The van der Waals surface area contributed by atoms with Crippen LogP contribution in [0.1, 0.15) is 245 Å². The summed E-state index contributed by atoms with van der Waals surface area (Å²) in [6.07, 6.45) is 54.6. The lowest BCUT2D eigenvalue weighted by Crippen LogP contribution is -2.29. The van der Waals surface area contributed by atoms with Crippen LogP contribution in [0.5, 0.6) is 0 Å². The molecule has 340 valence electrons. The lowest BCUT2D eigenvalue weighted by molar-refractivity contribution is -0.161. The van der Waals surface area contributed by atoms with E-state index >= 15 is 0 Å². The summed E-state index contributed by atoms with van der Waals surface area (Å²) in [6.45, 7) is 3.68. The van der Waals surface area contributed by atoms with Crippen molar-refractivity contribution in [1.82, 2.24) is 0 Å². The van der Waals surface area contributed by atoms with Crippen molar-refractivity contribution in [2.45, 2.75) is 251 Å². The number of carbonyl (C=O) groups excluding carboxylic acids is 2. The third-order valence-corrected chi connectivity index (χ3v) is 11.1. The predicted molar refractivity (Wildman–Crippen MR) is 244 cm³/mol. The fourth-order valence-corrected chi connectivity index (χ4v) is 7.34. The molecule has 0 aromatic heterocycles. The van der Waals surface area contributed by atoms with Crippen molar-refractivity contribution < 1.29 is 37.9 Å². The Balaban J connectivity index is 3.89. The zero-order valence-electron chi connectivity index (χ0n) is 37.7. The number of ether oxygens (including phenoxy) is 2. The van der Waals surface area contributed by atoms with Crippen molar-refractivity contribution in [3.05, 3.63) is 36.5 Å². The molecule has 0 aliphatic rings. The summed E-state index contributed by atoms with van der Waals surface area (Å²) >= 11 is 0. The first-order valence-electron chi connectivity index (χ1n) is 24.3. The van der Waals surface area contributed by atoms with E-state index in [-0.39, 0.29) is 19.4 Å². The van der Waals surface area contributed by atoms with E-state index in [1.54, 1.807) is 0 Å². The Morgan fingerprint density at radius 3 is 1.16 bits per heavy atom. The van der Waals surface area contributed by atoms with Crippen LogP contribution in [0, 0.1) is 0 Å². The molecule has 58 heavy (non-hydrogen) atoms. The summed E-state index contributed by atoms with van der Waals surface area (Å²) in [5, 5.41) is 0. The second kappa shape index (κ2) is 44.8. The molecule has 0 heterocycles. The second-order valence-electron chi connectivity index (χ2n) is 16.4. The van der Waals surface area contributed by atoms with Crippen molar-refractivity contribution >= 4 is 19.8 Å². The van der Waals surface area contributed by atoms with Gasteiger partial charge in [0.05, 0.1) is 6.61 Å². The van der Waals surface area contributed by atoms with Gasteiger partial charge in [-0.05, 0) is 70.6 Å². The number of esters is 2. The maximum absolute atomic E-state index is 12.4. The third kappa shape index (κ3) is 47.0. The molecular formula is C49H91O8P. The minimum atomic E-state index is -4.77. The number of unbranched alkanes of at least 4 members (excludes halogenated alkanes) is 29. The van der Waals surface area contributed by atoms with Crippen LogP contribution in [0.2, 0.25) is 0 Å². The zero-order chi connectivity index (χ0) is 42.5. The average molecular weight is 839 g/mol. The molecule has 0 aliphatic heterocycles. The minimum absolute atomic E-state index is 0.153. The van der Waals surface area contributed by atoms with E-state index in [9.17, 15) is 14.2 Å². The Labute approximate surface area is 357 Å². The molecule has 0 aromatic carbocycles. The zero-order valence-corrected chi connectivity index (χ0v) is 38.6. The van der Waals surface area contributed by atoms with Gasteiger partial charge in [-0.2, -0.15) is 0 Å². The van der Waals surface area contributed by atoms with Gasteiger partial charge in [-0.1, -0.05) is 198 Å². The fraction of sp³-hybridized carbons (Fsp3) is 0.837. The fourth-order valence-electron chi connectivity index (χ4n) is 6.98. The highest BCUT2D eigenvalue weighted by atomic mass is 31.2. The van der Waals surface area contributed by atoms with E-state index < -0.39 is 32.5 Å². The van der Waals surface area contributed by atoms with Gasteiger partial charge >= 0.3 is 19.8 Å². The lowest BCUT2D eigenvalue weighted by Gasteiger charge is -2.18. The van der Waals surface area contributed by atoms with Crippen LogP contribution >= 0.6 is 7.82 Å². The molecule has 9 heteroatoms. The first kappa shape index (κ1) is 56.3. The first-order chi connectivity index (χ1) is 28.3. The van der Waals surface area contributed by atoms with E-state index in [2.05, 4.69) is 54.8 Å². The standard InChI is InChI=1S/C49H91O8P/c1-3-5-7-9-11-13-15-17-19-21-22-23-24-25-26-28-30-32-34-36-38-40-42-44-49(51)57-47(46-56-58(52,53)54)45-55-48(50)43-41-39-37-35-33-31-29-27-20-18-16-14-12-10-8-6-4-2/h18,20,28,30,36,38,47H,3-17,19,21-27,29,31-35,37,39-46H2,1-2H3,(H2,52,53,54)/b20-18+,30-28+,38-36+/t47-/m1/s1. The topological polar surface area (TPSA) is 119 Å². The van der Waals surface area contributed by atoms with E-state index in [0.717, 1.165) is 51.4 Å². The molecule has 2 N–H and O–H groups in total. The van der Waals surface area contributed by atoms with Crippen molar-refractivity contribution in [3.63, 3.8) is 0 Å². The van der Waals surface area contributed by atoms with Gasteiger partial charge in [0, 0.05) is 12.8 Å². The number of allylic oxidation sites excluding steroid dienone is 6. The summed E-state index contributed by atoms with van der Waals surface area (Å²) in [5.41, 5.74) is 0. The Bertz CT molecular complexity index is 1040. The molecule has 0 spiro atoms. The molecule has 1 atom stereocenters. The van der Waals surface area contributed by atoms with E-state index in [1.165, 1.54) is 154 Å². The van der Waals surface area contributed by atoms with E-state index in [0.29, 0.717) is 12.8 Å². The first-order valence-corrected chi connectivity index (χ1v) is 25.8. The smallest absolute Gasteiger partial charge is 0.462 e. The molecule has 0 saturated heterocycles. The summed E-state index contributed by atoms with van der Waals surface area (Å²) in [6, 6.07) is 0. The summed E-state index contributed by atoms with van der Waals surface area (Å²) in [7, 11) is -4.77. The van der Waals surface area contributed by atoms with Crippen LogP contribution in [0.25, 0.3) is 0 Å². The van der Waals surface area contributed by atoms with Crippen LogP contribution < -0.4 is 0 Å². The highest BCUT2D eigenvalue weighted by molar-refractivity contribution is 7.46. The Morgan fingerprint density at radius 1 is 0.431 bits per heavy atom. The minimum Gasteiger partial charge on any atom is -0.462 e. The number of rotatable bonds is 45. The SMILES string of the molecule is CCCCCCCC/C=C/CCCCCCCCCC(=O)OC[C@H](COP(=O)(O)O)OC(=O)CCC/C=C/CC/C=C/CCCCCCCCCCCCCCCC. The quantitative estimate of drug-likeness (QED) is 0.0269. The van der Waals surface area contributed by atoms with Crippen molar-refractivity contribution in [3.8, 4) is 0 Å². The largest absolute Gasteiger partial charge is 0.469 e. The van der Waals surface area contributed by atoms with Crippen molar-refractivity contribution in [2.75, 3.05) is 13.2 Å². The molecule has 0 aromatic rings. The van der Waals surface area contributed by atoms with Crippen molar-refractivity contribution in [1.29, 1.82) is 0 Å². The van der Waals surface area contributed by atoms with Gasteiger partial charge < -0.3 is 19.3 Å². The summed E-state index contributed by atoms with van der Waals surface area (Å²) in [5.74, 6) is -0.931. The molecule has 0 rings (SSSR count). The number of hydrogen-bond donors (Lipinski definition) is 2. The number of carbonyl (C=O) groups is 2. The summed E-state index contributed by atoms with van der Waals surface area (Å²) in [4.78, 5) is 43.0. The molecule has 0 saturated carbocycles. The second-order valence-corrected chi connectivity index (χ2v) is 17.7. The Morgan fingerprint density at radius 2 is 0.759 bits per heavy atom. The van der Waals surface area contributed by atoms with Crippen LogP contribution in [0.3, 0.4) is 0 Å². The highest BCUT2D eigenvalue weighted by Crippen LogP contribution is 2.36. The number of phosphoric ester groups is 1. The Hall–Kier alpha value is -1.73. The molecule has 0 amide bonds. The highest BCUT2D eigenvalue weighted by Gasteiger charge is 2.22. The maximum atomic E-state index is 12.4. The molecule has 0 unspecified atom stereocenters. The molecule has 0 fully saturated rings. The maximum Gasteiger partial charge on any atom is 0.469 e. The molecule has 0 aliphatic carbocycles. The van der Waals surface area contributed by atoms with Gasteiger partial charge in [0.15, 0.2) is 6.10 Å². The lowest BCUT2D eigenvalue weighted by atomic mass is 10.0. The average Bonchev–Trinajstić information content (AvgIpc) is 3.20. The van der Waals surface area contributed by atoms with Crippen LogP contribution in [0.15, 0.2) is 36.5 Å². The molecule has 8 nitrogen and oxygen atoms in total. The summed E-state index contributed by atoms with van der Waals surface area (Å²) < 4.78 is 26.4. The van der Waals surface area contributed by atoms with Gasteiger partial charge in [-0.15, -0.1) is 0 Å². The van der Waals surface area contributed by atoms with Gasteiger partial charge in [-0.3, -0.25) is 14.1 Å². The van der Waals surface area contributed by atoms with Gasteiger partial charge in [0.2, 0.25) is 0 Å².